The molecule has 1 atom stereocenters. The number of nitrogens with zero attached hydrogens (tertiary/aromatic N) is 3. The van der Waals surface area contributed by atoms with E-state index >= 15 is 0 Å². The van der Waals surface area contributed by atoms with Crippen molar-refractivity contribution in [3.05, 3.63) is 54.1 Å². The van der Waals surface area contributed by atoms with Crippen molar-refractivity contribution < 1.29 is 9.90 Å². The van der Waals surface area contributed by atoms with Gasteiger partial charge in [0.1, 0.15) is 5.82 Å². The van der Waals surface area contributed by atoms with Crippen molar-refractivity contribution in [2.24, 2.45) is 10.8 Å². The molecule has 1 aliphatic rings. The highest BCUT2D eigenvalue weighted by atomic mass is 16.4. The van der Waals surface area contributed by atoms with E-state index in [4.69, 9.17) is 0 Å². The van der Waals surface area contributed by atoms with Crippen molar-refractivity contribution in [1.82, 2.24) is 14.5 Å². The van der Waals surface area contributed by atoms with Crippen LogP contribution in [0.25, 0.3) is 0 Å². The maximum Gasteiger partial charge on any atom is 0.311 e. The molecule has 3 rings (SSSR count). The van der Waals surface area contributed by atoms with Crippen LogP contribution >= 0.6 is 0 Å². The van der Waals surface area contributed by atoms with Crippen molar-refractivity contribution in [3.63, 3.8) is 0 Å². The van der Waals surface area contributed by atoms with Gasteiger partial charge in [-0.25, -0.2) is 4.98 Å². The summed E-state index contributed by atoms with van der Waals surface area (Å²) in [7, 11) is 0. The van der Waals surface area contributed by atoms with Gasteiger partial charge in [0.25, 0.3) is 0 Å². The largest absolute Gasteiger partial charge is 0.481 e. The van der Waals surface area contributed by atoms with E-state index in [2.05, 4.69) is 26.6 Å². The van der Waals surface area contributed by atoms with Gasteiger partial charge in [0.15, 0.2) is 0 Å². The molecule has 1 N–H and O–H groups in total. The number of hydrogen-bond acceptors (Lipinski definition) is 3. The monoisotopic (exact) mass is 341 g/mol. The van der Waals surface area contributed by atoms with Crippen LogP contribution in [-0.2, 0) is 17.9 Å². The van der Waals surface area contributed by atoms with Gasteiger partial charge in [-0.3, -0.25) is 9.69 Å². The van der Waals surface area contributed by atoms with Gasteiger partial charge in [0.2, 0.25) is 0 Å². The van der Waals surface area contributed by atoms with Crippen molar-refractivity contribution in [1.29, 1.82) is 0 Å². The number of rotatable bonds is 5. The fourth-order valence-electron chi connectivity index (χ4n) is 3.75. The Labute approximate surface area is 149 Å². The van der Waals surface area contributed by atoms with Crippen LogP contribution in [0.5, 0.6) is 0 Å². The molecule has 0 saturated carbocycles. The molecule has 1 unspecified atom stereocenters. The molecule has 5 heteroatoms. The summed E-state index contributed by atoms with van der Waals surface area (Å²) in [5.74, 6) is 0.300. The molecule has 25 heavy (non-hydrogen) atoms. The van der Waals surface area contributed by atoms with Crippen LogP contribution in [0, 0.1) is 10.8 Å². The molecule has 1 aromatic heterocycles. The first kappa shape index (κ1) is 17.7. The maximum atomic E-state index is 12.0. The average molecular weight is 341 g/mol. The molecule has 1 saturated heterocycles. The molecule has 2 heterocycles. The average Bonchev–Trinajstić information content (AvgIpc) is 3.16. The second kappa shape index (κ2) is 6.64. The first-order valence-electron chi connectivity index (χ1n) is 8.81. The highest BCUT2D eigenvalue weighted by Gasteiger charge is 2.52. The van der Waals surface area contributed by atoms with E-state index in [0.29, 0.717) is 19.5 Å². The molecule has 134 valence electrons. The zero-order valence-electron chi connectivity index (χ0n) is 15.3. The molecule has 2 aromatic rings. The van der Waals surface area contributed by atoms with Crippen LogP contribution in [0.15, 0.2) is 42.7 Å². The van der Waals surface area contributed by atoms with E-state index in [1.807, 2.05) is 51.4 Å². The van der Waals surface area contributed by atoms with E-state index in [-0.39, 0.29) is 5.41 Å². The molecule has 1 fully saturated rings. The Morgan fingerprint density at radius 3 is 2.56 bits per heavy atom. The Bertz CT molecular complexity index is 733. The summed E-state index contributed by atoms with van der Waals surface area (Å²) in [4.78, 5) is 18.7. The van der Waals surface area contributed by atoms with Crippen LogP contribution in [0.3, 0.4) is 0 Å². The lowest BCUT2D eigenvalue weighted by molar-refractivity contribution is -0.155. The van der Waals surface area contributed by atoms with Crippen LogP contribution in [0.2, 0.25) is 0 Å². The van der Waals surface area contributed by atoms with Gasteiger partial charge in [-0.1, -0.05) is 51.1 Å². The van der Waals surface area contributed by atoms with Crippen LogP contribution in [0.4, 0.5) is 0 Å². The second-order valence-electron chi connectivity index (χ2n) is 8.05. The molecular formula is C20H27N3O2. The predicted molar refractivity (Wildman–Crippen MR) is 97.2 cm³/mol. The van der Waals surface area contributed by atoms with Gasteiger partial charge >= 0.3 is 5.97 Å². The first-order chi connectivity index (χ1) is 11.8. The number of aromatic nitrogens is 2. The summed E-state index contributed by atoms with van der Waals surface area (Å²) in [6.07, 6.45) is 4.50. The molecule has 5 nitrogen and oxygen atoms in total. The number of carboxylic acid groups (broad SMARTS) is 1. The minimum Gasteiger partial charge on any atom is -0.481 e. The van der Waals surface area contributed by atoms with Crippen LogP contribution in [-0.4, -0.2) is 38.6 Å². The number of likely N-dealkylation sites (tertiary alicyclic amines) is 1. The van der Waals surface area contributed by atoms with Crippen molar-refractivity contribution in [2.75, 3.05) is 13.1 Å². The molecule has 1 aliphatic heterocycles. The number of benzene rings is 1. The summed E-state index contributed by atoms with van der Waals surface area (Å²) >= 11 is 0. The lowest BCUT2D eigenvalue weighted by Gasteiger charge is -2.38. The fraction of sp³-hybridized carbons (Fsp3) is 0.500. The molecule has 0 radical (unpaired) electrons. The Balaban J connectivity index is 1.73. The minimum atomic E-state index is -0.691. The van der Waals surface area contributed by atoms with Crippen molar-refractivity contribution in [3.8, 4) is 0 Å². The van der Waals surface area contributed by atoms with E-state index in [1.54, 1.807) is 0 Å². The topological polar surface area (TPSA) is 58.4 Å². The standard InChI is InChI=1S/C20H27N3O2/c1-19(2,3)20(18(24)25)9-11-22(15-20)14-17-21-10-12-23(17)13-16-7-5-4-6-8-16/h4-8,10,12H,9,11,13-15H2,1-3H3,(H,24,25). The van der Waals surface area contributed by atoms with Gasteiger partial charge < -0.3 is 9.67 Å². The fourth-order valence-corrected chi connectivity index (χ4v) is 3.75. The van der Waals surface area contributed by atoms with Crippen LogP contribution in [0.1, 0.15) is 38.6 Å². The minimum absolute atomic E-state index is 0.271. The van der Waals surface area contributed by atoms with Gasteiger partial charge in [-0.05, 0) is 23.9 Å². The smallest absolute Gasteiger partial charge is 0.311 e. The van der Waals surface area contributed by atoms with Gasteiger partial charge in [0, 0.05) is 25.5 Å². The van der Waals surface area contributed by atoms with Gasteiger partial charge in [-0.15, -0.1) is 0 Å². The maximum absolute atomic E-state index is 12.0. The predicted octanol–water partition coefficient (Wildman–Crippen LogP) is 3.25. The Morgan fingerprint density at radius 1 is 1.24 bits per heavy atom. The Hall–Kier alpha value is -2.14. The highest BCUT2D eigenvalue weighted by Crippen LogP contribution is 2.46. The first-order valence-corrected chi connectivity index (χ1v) is 8.81. The van der Waals surface area contributed by atoms with E-state index < -0.39 is 11.4 Å². The summed E-state index contributed by atoms with van der Waals surface area (Å²) in [5, 5.41) is 9.85. The zero-order valence-corrected chi connectivity index (χ0v) is 15.3. The SMILES string of the molecule is CC(C)(C)C1(C(=O)O)CCN(Cc2nccn2Cc2ccccc2)C1. The number of imidazole rings is 1. The third-order valence-corrected chi connectivity index (χ3v) is 5.56. The molecule has 0 bridgehead atoms. The van der Waals surface area contributed by atoms with Crippen molar-refractivity contribution in [2.45, 2.75) is 40.3 Å². The van der Waals surface area contributed by atoms with E-state index in [9.17, 15) is 9.90 Å². The summed E-state index contributed by atoms with van der Waals surface area (Å²) in [5.41, 5.74) is 0.273. The summed E-state index contributed by atoms with van der Waals surface area (Å²) in [6, 6.07) is 10.3. The summed E-state index contributed by atoms with van der Waals surface area (Å²) < 4.78 is 2.15. The summed E-state index contributed by atoms with van der Waals surface area (Å²) in [6.45, 7) is 8.92. The number of carboxylic acids is 1. The van der Waals surface area contributed by atoms with Gasteiger partial charge in [0.05, 0.1) is 12.0 Å². The number of aliphatic carboxylic acids is 1. The Kier molecular flexibility index (Phi) is 4.69. The number of hydrogen-bond donors (Lipinski definition) is 1. The highest BCUT2D eigenvalue weighted by molar-refractivity contribution is 5.76. The molecule has 0 amide bonds. The quantitative estimate of drug-likeness (QED) is 0.907. The van der Waals surface area contributed by atoms with E-state index in [0.717, 1.165) is 18.9 Å². The van der Waals surface area contributed by atoms with Gasteiger partial charge in [-0.2, -0.15) is 0 Å². The Morgan fingerprint density at radius 2 is 1.96 bits per heavy atom. The van der Waals surface area contributed by atoms with Crippen molar-refractivity contribution >= 4 is 5.97 Å². The normalized spacial score (nSPS) is 21.6. The lowest BCUT2D eigenvalue weighted by atomic mass is 9.66. The second-order valence-corrected chi connectivity index (χ2v) is 8.05. The van der Waals surface area contributed by atoms with E-state index in [1.165, 1.54) is 5.56 Å². The molecule has 0 spiro atoms. The molecule has 1 aromatic carbocycles. The molecular weight excluding hydrogens is 314 g/mol. The van der Waals surface area contributed by atoms with Crippen LogP contribution < -0.4 is 0 Å². The molecule has 0 aliphatic carbocycles. The number of carbonyl (C=O) groups is 1. The lowest BCUT2D eigenvalue weighted by Crippen LogP contribution is -2.45. The third kappa shape index (κ3) is 3.47. The zero-order chi connectivity index (χ0) is 18.1. The third-order valence-electron chi connectivity index (χ3n) is 5.56.